The van der Waals surface area contributed by atoms with Gasteiger partial charge in [-0.1, -0.05) is 0 Å². The van der Waals surface area contributed by atoms with Gasteiger partial charge in [-0.15, -0.1) is 0 Å². The SMILES string of the molecule is CC1CN2CCCC2CN1CC(CN)C(F)(F)F. The van der Waals surface area contributed by atoms with E-state index >= 15 is 0 Å². The predicted octanol–water partition coefficient (Wildman–Crippen LogP) is 1.29. The van der Waals surface area contributed by atoms with Gasteiger partial charge in [0.25, 0.3) is 0 Å². The molecule has 6 heteroatoms. The Morgan fingerprint density at radius 1 is 1.33 bits per heavy atom. The third-order valence-electron chi connectivity index (χ3n) is 4.27. The van der Waals surface area contributed by atoms with Gasteiger partial charge in [-0.25, -0.2) is 0 Å². The van der Waals surface area contributed by atoms with Crippen molar-refractivity contribution in [3.05, 3.63) is 0 Å². The van der Waals surface area contributed by atoms with Gasteiger partial charge in [-0.05, 0) is 26.3 Å². The van der Waals surface area contributed by atoms with Gasteiger partial charge >= 0.3 is 6.18 Å². The summed E-state index contributed by atoms with van der Waals surface area (Å²) in [6.45, 7) is 4.49. The van der Waals surface area contributed by atoms with Crippen molar-refractivity contribution in [1.29, 1.82) is 0 Å². The fraction of sp³-hybridized carbons (Fsp3) is 1.00. The Morgan fingerprint density at radius 2 is 2.06 bits per heavy atom. The normalized spacial score (nSPS) is 32.5. The molecule has 3 unspecified atom stereocenters. The van der Waals surface area contributed by atoms with Crippen LogP contribution in [0.15, 0.2) is 0 Å². The molecule has 0 saturated carbocycles. The highest BCUT2D eigenvalue weighted by atomic mass is 19.4. The third-order valence-corrected chi connectivity index (χ3v) is 4.27. The smallest absolute Gasteiger partial charge is 0.330 e. The third kappa shape index (κ3) is 2.97. The highest BCUT2D eigenvalue weighted by molar-refractivity contribution is 4.91. The summed E-state index contributed by atoms with van der Waals surface area (Å²) < 4.78 is 38.3. The van der Waals surface area contributed by atoms with E-state index < -0.39 is 12.1 Å². The summed E-state index contributed by atoms with van der Waals surface area (Å²) in [5.41, 5.74) is 5.27. The van der Waals surface area contributed by atoms with E-state index in [-0.39, 0.29) is 19.1 Å². The Bertz CT molecular complexity index is 282. The zero-order valence-corrected chi connectivity index (χ0v) is 10.8. The quantitative estimate of drug-likeness (QED) is 0.834. The Morgan fingerprint density at radius 3 is 2.67 bits per heavy atom. The molecule has 2 rings (SSSR count). The first kappa shape index (κ1) is 14.1. The number of hydrogen-bond acceptors (Lipinski definition) is 3. The Kier molecular flexibility index (Phi) is 4.18. The van der Waals surface area contributed by atoms with Crippen LogP contribution in [0.4, 0.5) is 13.2 Å². The van der Waals surface area contributed by atoms with E-state index in [1.54, 1.807) is 0 Å². The fourth-order valence-corrected chi connectivity index (χ4v) is 3.10. The first-order chi connectivity index (χ1) is 8.41. The molecule has 0 bridgehead atoms. The summed E-state index contributed by atoms with van der Waals surface area (Å²) in [5.74, 6) is -1.40. The van der Waals surface area contributed by atoms with Crippen molar-refractivity contribution in [3.8, 4) is 0 Å². The average molecular weight is 265 g/mol. The van der Waals surface area contributed by atoms with E-state index in [1.807, 2.05) is 11.8 Å². The lowest BCUT2D eigenvalue weighted by atomic mass is 10.0. The number of hydrogen-bond donors (Lipinski definition) is 1. The maximum absolute atomic E-state index is 12.8. The summed E-state index contributed by atoms with van der Waals surface area (Å²) in [6, 6.07) is 0.642. The number of fused-ring (bicyclic) bond motifs is 1. The predicted molar refractivity (Wildman–Crippen MR) is 64.2 cm³/mol. The van der Waals surface area contributed by atoms with Crippen molar-refractivity contribution >= 4 is 0 Å². The minimum atomic E-state index is -4.18. The van der Waals surface area contributed by atoms with E-state index in [1.165, 1.54) is 6.42 Å². The lowest BCUT2D eigenvalue weighted by molar-refractivity contribution is -0.179. The molecule has 0 aromatic heterocycles. The maximum atomic E-state index is 12.8. The topological polar surface area (TPSA) is 32.5 Å². The molecule has 2 heterocycles. The first-order valence-electron chi connectivity index (χ1n) is 6.66. The van der Waals surface area contributed by atoms with Crippen molar-refractivity contribution in [2.45, 2.75) is 38.0 Å². The van der Waals surface area contributed by atoms with Crippen LogP contribution in [0.3, 0.4) is 0 Å². The van der Waals surface area contributed by atoms with Gasteiger partial charge in [0.05, 0.1) is 5.92 Å². The molecule has 0 amide bonds. The molecule has 0 aromatic rings. The second-order valence-corrected chi connectivity index (χ2v) is 5.57. The molecule has 0 spiro atoms. The molecular formula is C12H22F3N3. The Balaban J connectivity index is 1.95. The molecule has 2 saturated heterocycles. The molecule has 3 nitrogen and oxygen atoms in total. The number of rotatable bonds is 3. The van der Waals surface area contributed by atoms with Crippen LogP contribution in [-0.2, 0) is 0 Å². The standard InChI is InChI=1S/C12H22F3N3/c1-9-6-17-4-2-3-11(17)8-18(9)7-10(5-16)12(13,14)15/h9-11H,2-8,16H2,1H3. The summed E-state index contributed by atoms with van der Waals surface area (Å²) in [5, 5.41) is 0. The van der Waals surface area contributed by atoms with Crippen LogP contribution >= 0.6 is 0 Å². The van der Waals surface area contributed by atoms with E-state index in [0.29, 0.717) is 6.04 Å². The van der Waals surface area contributed by atoms with Crippen LogP contribution in [0, 0.1) is 5.92 Å². The molecule has 0 radical (unpaired) electrons. The minimum Gasteiger partial charge on any atom is -0.330 e. The second-order valence-electron chi connectivity index (χ2n) is 5.57. The summed E-state index contributed by atoms with van der Waals surface area (Å²) >= 11 is 0. The molecule has 0 aromatic carbocycles. The van der Waals surface area contributed by atoms with Crippen LogP contribution in [0.2, 0.25) is 0 Å². The molecule has 2 N–H and O–H groups in total. The second kappa shape index (κ2) is 5.35. The molecule has 2 fully saturated rings. The van der Waals surface area contributed by atoms with Crippen molar-refractivity contribution < 1.29 is 13.2 Å². The maximum Gasteiger partial charge on any atom is 0.394 e. The molecule has 3 atom stereocenters. The van der Waals surface area contributed by atoms with E-state index in [9.17, 15) is 13.2 Å². The average Bonchev–Trinajstić information content (AvgIpc) is 2.70. The number of nitrogens with two attached hydrogens (primary N) is 1. The van der Waals surface area contributed by atoms with E-state index in [0.717, 1.165) is 26.1 Å². The Labute approximate surface area is 106 Å². The van der Waals surface area contributed by atoms with Gasteiger partial charge in [0.2, 0.25) is 0 Å². The molecule has 2 aliphatic heterocycles. The van der Waals surface area contributed by atoms with Crippen LogP contribution in [0.5, 0.6) is 0 Å². The summed E-state index contributed by atoms with van der Waals surface area (Å²) in [4.78, 5) is 4.38. The number of nitrogens with zero attached hydrogens (tertiary/aromatic N) is 2. The van der Waals surface area contributed by atoms with Crippen molar-refractivity contribution in [2.75, 3.05) is 32.7 Å². The molecule has 0 aliphatic carbocycles. The highest BCUT2D eigenvalue weighted by Crippen LogP contribution is 2.29. The molecule has 18 heavy (non-hydrogen) atoms. The van der Waals surface area contributed by atoms with Gasteiger partial charge in [-0.3, -0.25) is 9.80 Å². The van der Waals surface area contributed by atoms with E-state index in [4.69, 9.17) is 5.73 Å². The van der Waals surface area contributed by atoms with Gasteiger partial charge in [0.15, 0.2) is 0 Å². The fourth-order valence-electron chi connectivity index (χ4n) is 3.10. The number of halogens is 3. The zero-order valence-electron chi connectivity index (χ0n) is 10.8. The monoisotopic (exact) mass is 265 g/mol. The van der Waals surface area contributed by atoms with Gasteiger partial charge in [0, 0.05) is 38.3 Å². The van der Waals surface area contributed by atoms with Crippen molar-refractivity contribution in [1.82, 2.24) is 9.80 Å². The highest BCUT2D eigenvalue weighted by Gasteiger charge is 2.42. The number of alkyl halides is 3. The van der Waals surface area contributed by atoms with Gasteiger partial charge in [-0.2, -0.15) is 13.2 Å². The largest absolute Gasteiger partial charge is 0.394 e. The molecule has 106 valence electrons. The first-order valence-corrected chi connectivity index (χ1v) is 6.66. The van der Waals surface area contributed by atoms with Crippen molar-refractivity contribution in [3.63, 3.8) is 0 Å². The molecule has 2 aliphatic rings. The van der Waals surface area contributed by atoms with Crippen LogP contribution in [0.1, 0.15) is 19.8 Å². The Hall–Kier alpha value is -0.330. The molecular weight excluding hydrogens is 243 g/mol. The van der Waals surface area contributed by atoms with Crippen molar-refractivity contribution in [2.24, 2.45) is 11.7 Å². The lowest BCUT2D eigenvalue weighted by Crippen LogP contribution is -2.57. The lowest BCUT2D eigenvalue weighted by Gasteiger charge is -2.43. The van der Waals surface area contributed by atoms with Crippen LogP contribution in [0.25, 0.3) is 0 Å². The van der Waals surface area contributed by atoms with Crippen LogP contribution in [-0.4, -0.2) is 60.8 Å². The van der Waals surface area contributed by atoms with Crippen LogP contribution < -0.4 is 5.73 Å². The summed E-state index contributed by atoms with van der Waals surface area (Å²) in [7, 11) is 0. The summed E-state index contributed by atoms with van der Waals surface area (Å²) in [6.07, 6.45) is -1.89. The van der Waals surface area contributed by atoms with Gasteiger partial charge in [0.1, 0.15) is 0 Å². The van der Waals surface area contributed by atoms with E-state index in [2.05, 4.69) is 4.90 Å². The van der Waals surface area contributed by atoms with Gasteiger partial charge < -0.3 is 5.73 Å². The number of piperazine rings is 1. The zero-order chi connectivity index (χ0) is 13.3. The minimum absolute atomic E-state index is 0.0471.